The predicted molar refractivity (Wildman–Crippen MR) is 79.6 cm³/mol. The van der Waals surface area contributed by atoms with Gasteiger partial charge in [-0.3, -0.25) is 0 Å². The van der Waals surface area contributed by atoms with Crippen molar-refractivity contribution in [3.8, 4) is 5.75 Å². The van der Waals surface area contributed by atoms with Crippen molar-refractivity contribution < 1.29 is 13.2 Å². The highest BCUT2D eigenvalue weighted by molar-refractivity contribution is 9.10. The van der Waals surface area contributed by atoms with Gasteiger partial charge in [0.25, 0.3) is 0 Å². The highest BCUT2D eigenvalue weighted by Crippen LogP contribution is 2.35. The molecule has 1 fully saturated rings. The average molecular weight is 361 g/mol. The van der Waals surface area contributed by atoms with Gasteiger partial charge in [0.2, 0.25) is 10.0 Å². The van der Waals surface area contributed by atoms with Crippen molar-refractivity contribution in [3.05, 3.63) is 22.2 Å². The minimum atomic E-state index is -3.54. The van der Waals surface area contributed by atoms with E-state index in [1.807, 2.05) is 6.07 Å². The van der Waals surface area contributed by atoms with Crippen molar-refractivity contribution in [1.29, 1.82) is 0 Å². The molecule has 0 saturated carbocycles. The molecule has 1 aromatic rings. The zero-order valence-electron chi connectivity index (χ0n) is 11.0. The van der Waals surface area contributed by atoms with Gasteiger partial charge in [0, 0.05) is 22.5 Å². The first-order valence-corrected chi connectivity index (χ1v) is 9.02. The molecule has 0 bridgehead atoms. The van der Waals surface area contributed by atoms with E-state index in [-0.39, 0.29) is 10.9 Å². The number of sulfonamides is 1. The molecule has 0 unspecified atom stereocenters. The first kappa shape index (κ1) is 14.3. The lowest BCUT2D eigenvalue weighted by molar-refractivity contribution is 0.348. The van der Waals surface area contributed by atoms with Crippen molar-refractivity contribution >= 4 is 26.0 Å². The largest absolute Gasteiger partial charge is 0.492 e. The topological polar surface area (TPSA) is 67.4 Å². The van der Waals surface area contributed by atoms with Crippen LogP contribution in [-0.2, 0) is 16.4 Å². The Labute approximate surface area is 127 Å². The summed E-state index contributed by atoms with van der Waals surface area (Å²) in [6.07, 6.45) is 2.39. The van der Waals surface area contributed by atoms with E-state index in [0.717, 1.165) is 42.4 Å². The van der Waals surface area contributed by atoms with Crippen LogP contribution in [0.15, 0.2) is 21.5 Å². The van der Waals surface area contributed by atoms with Gasteiger partial charge in [0.05, 0.1) is 6.61 Å². The molecule has 2 heterocycles. The van der Waals surface area contributed by atoms with Crippen LogP contribution in [0.3, 0.4) is 0 Å². The summed E-state index contributed by atoms with van der Waals surface area (Å²) in [6.45, 7) is 2.24. The summed E-state index contributed by atoms with van der Waals surface area (Å²) < 4.78 is 34.2. The lowest BCUT2D eigenvalue weighted by Gasteiger charge is -2.24. The van der Waals surface area contributed by atoms with Crippen LogP contribution < -0.4 is 14.8 Å². The normalized spacial score (nSPS) is 19.6. The van der Waals surface area contributed by atoms with Crippen LogP contribution in [0.1, 0.15) is 18.4 Å². The molecular formula is C13H17BrN2O3S. The van der Waals surface area contributed by atoms with E-state index in [1.54, 1.807) is 6.07 Å². The zero-order chi connectivity index (χ0) is 14.2. The Morgan fingerprint density at radius 2 is 2.05 bits per heavy atom. The first-order valence-electron chi connectivity index (χ1n) is 6.74. The molecule has 1 aromatic carbocycles. The average Bonchev–Trinajstić information content (AvgIpc) is 2.86. The van der Waals surface area contributed by atoms with Crippen molar-refractivity contribution in [3.63, 3.8) is 0 Å². The molecule has 3 rings (SSSR count). The molecule has 2 aliphatic rings. The van der Waals surface area contributed by atoms with Gasteiger partial charge in [-0.1, -0.05) is 15.9 Å². The lowest BCUT2D eigenvalue weighted by atomic mass is 10.1. The van der Waals surface area contributed by atoms with Crippen LogP contribution in [0.5, 0.6) is 5.75 Å². The van der Waals surface area contributed by atoms with Gasteiger partial charge in [-0.2, -0.15) is 0 Å². The maximum Gasteiger partial charge on any atom is 0.244 e. The Balaban J connectivity index is 1.91. The number of halogens is 1. The summed E-state index contributed by atoms with van der Waals surface area (Å²) >= 11 is 3.38. The number of hydrogen-bond donors (Lipinski definition) is 2. The van der Waals surface area contributed by atoms with Crippen molar-refractivity contribution in [2.45, 2.75) is 30.2 Å². The fraction of sp³-hybridized carbons (Fsp3) is 0.538. The van der Waals surface area contributed by atoms with E-state index >= 15 is 0 Å². The van der Waals surface area contributed by atoms with Crippen LogP contribution in [0, 0.1) is 0 Å². The second kappa shape index (κ2) is 5.63. The maximum absolute atomic E-state index is 12.6. The summed E-state index contributed by atoms with van der Waals surface area (Å²) in [5.41, 5.74) is 0.949. The van der Waals surface area contributed by atoms with Gasteiger partial charge < -0.3 is 10.1 Å². The summed E-state index contributed by atoms with van der Waals surface area (Å²) in [5.74, 6) is 0.509. The summed E-state index contributed by atoms with van der Waals surface area (Å²) in [6, 6.07) is 3.54. The minimum absolute atomic E-state index is 0.00251. The molecule has 0 atom stereocenters. The monoisotopic (exact) mass is 360 g/mol. The SMILES string of the molecule is O=S(=O)(NC1CCNCC1)c1cc(Br)cc2c1OCC2. The minimum Gasteiger partial charge on any atom is -0.492 e. The van der Waals surface area contributed by atoms with E-state index < -0.39 is 10.0 Å². The van der Waals surface area contributed by atoms with Gasteiger partial charge in [-0.25, -0.2) is 13.1 Å². The molecule has 20 heavy (non-hydrogen) atoms. The van der Waals surface area contributed by atoms with Crippen LogP contribution in [-0.4, -0.2) is 34.2 Å². The van der Waals surface area contributed by atoms with E-state index in [2.05, 4.69) is 26.0 Å². The maximum atomic E-state index is 12.6. The zero-order valence-corrected chi connectivity index (χ0v) is 13.4. The van der Waals surface area contributed by atoms with Crippen LogP contribution in [0.2, 0.25) is 0 Å². The highest BCUT2D eigenvalue weighted by Gasteiger charge is 2.28. The molecule has 110 valence electrons. The lowest BCUT2D eigenvalue weighted by Crippen LogP contribution is -2.42. The van der Waals surface area contributed by atoms with Crippen molar-refractivity contribution in [1.82, 2.24) is 10.0 Å². The number of fused-ring (bicyclic) bond motifs is 1. The van der Waals surface area contributed by atoms with Crippen molar-refractivity contribution in [2.75, 3.05) is 19.7 Å². The molecule has 0 aromatic heterocycles. The fourth-order valence-electron chi connectivity index (χ4n) is 2.66. The third kappa shape index (κ3) is 2.86. The number of ether oxygens (including phenoxy) is 1. The van der Waals surface area contributed by atoms with E-state index in [9.17, 15) is 8.42 Å². The van der Waals surface area contributed by atoms with Crippen LogP contribution in [0.4, 0.5) is 0 Å². The summed E-state index contributed by atoms with van der Waals surface area (Å²) in [4.78, 5) is 0.248. The molecule has 2 aliphatic heterocycles. The Kier molecular flexibility index (Phi) is 4.03. The Bertz CT molecular complexity index is 612. The standard InChI is InChI=1S/C13H17BrN2O3S/c14-10-7-9-3-6-19-13(9)12(8-10)20(17,18)16-11-1-4-15-5-2-11/h7-8,11,15-16H,1-6H2. The molecule has 0 amide bonds. The van der Waals surface area contributed by atoms with Crippen LogP contribution >= 0.6 is 15.9 Å². The van der Waals surface area contributed by atoms with E-state index in [4.69, 9.17) is 4.74 Å². The van der Waals surface area contributed by atoms with E-state index in [0.29, 0.717) is 12.4 Å². The number of nitrogens with one attached hydrogen (secondary N) is 2. The van der Waals surface area contributed by atoms with E-state index in [1.165, 1.54) is 0 Å². The Hall–Kier alpha value is -0.630. The number of hydrogen-bond acceptors (Lipinski definition) is 4. The number of piperidine rings is 1. The summed E-state index contributed by atoms with van der Waals surface area (Å²) in [5, 5.41) is 3.22. The van der Waals surface area contributed by atoms with Gasteiger partial charge in [-0.05, 0) is 38.1 Å². The Morgan fingerprint density at radius 1 is 1.30 bits per heavy atom. The van der Waals surface area contributed by atoms with Crippen LogP contribution in [0.25, 0.3) is 0 Å². The van der Waals surface area contributed by atoms with Gasteiger partial charge >= 0.3 is 0 Å². The number of benzene rings is 1. The third-order valence-corrected chi connectivity index (χ3v) is 5.65. The van der Waals surface area contributed by atoms with Gasteiger partial charge in [0.1, 0.15) is 10.6 Å². The molecule has 0 spiro atoms. The molecule has 1 saturated heterocycles. The Morgan fingerprint density at radius 3 is 2.80 bits per heavy atom. The quantitative estimate of drug-likeness (QED) is 0.855. The predicted octanol–water partition coefficient (Wildman–Crippen LogP) is 1.41. The second-order valence-electron chi connectivity index (χ2n) is 5.14. The molecule has 0 aliphatic carbocycles. The second-order valence-corrected chi connectivity index (χ2v) is 7.73. The van der Waals surface area contributed by atoms with Gasteiger partial charge in [-0.15, -0.1) is 0 Å². The molecule has 5 nitrogen and oxygen atoms in total. The fourth-order valence-corrected chi connectivity index (χ4v) is 4.83. The smallest absolute Gasteiger partial charge is 0.244 e. The van der Waals surface area contributed by atoms with Crippen molar-refractivity contribution in [2.24, 2.45) is 0 Å². The molecule has 2 N–H and O–H groups in total. The number of rotatable bonds is 3. The first-order chi connectivity index (χ1) is 9.56. The van der Waals surface area contributed by atoms with Gasteiger partial charge in [0.15, 0.2) is 0 Å². The summed E-state index contributed by atoms with van der Waals surface area (Å²) in [7, 11) is -3.54. The molecule has 0 radical (unpaired) electrons. The molecular weight excluding hydrogens is 344 g/mol. The highest BCUT2D eigenvalue weighted by atomic mass is 79.9. The third-order valence-electron chi connectivity index (χ3n) is 3.66. The molecule has 7 heteroatoms.